The number of anilines is 1. The van der Waals surface area contributed by atoms with Crippen LogP contribution in [0.15, 0.2) is 60.7 Å². The molecular formula is C24H28N6O3. The number of hydrogen-bond acceptors (Lipinski definition) is 5. The first-order chi connectivity index (χ1) is 16.0. The van der Waals surface area contributed by atoms with E-state index in [0.29, 0.717) is 30.9 Å². The van der Waals surface area contributed by atoms with Crippen LogP contribution in [0.4, 0.5) is 10.6 Å². The summed E-state index contributed by atoms with van der Waals surface area (Å²) in [7, 11) is 1.63. The molecule has 0 spiro atoms. The minimum absolute atomic E-state index is 0.0145. The molecule has 0 saturated carbocycles. The van der Waals surface area contributed by atoms with Crippen LogP contribution < -0.4 is 26.0 Å². The Kier molecular flexibility index (Phi) is 6.89. The summed E-state index contributed by atoms with van der Waals surface area (Å²) < 4.78 is 6.76. The lowest BCUT2D eigenvalue weighted by Gasteiger charge is -2.30. The largest absolute Gasteiger partial charge is 0.497 e. The van der Waals surface area contributed by atoms with Crippen LogP contribution in [0, 0.1) is 0 Å². The van der Waals surface area contributed by atoms with Crippen molar-refractivity contribution < 1.29 is 14.3 Å². The summed E-state index contributed by atoms with van der Waals surface area (Å²) in [6.07, 6.45) is 0.509. The fourth-order valence-corrected chi connectivity index (χ4v) is 3.70. The highest BCUT2D eigenvalue weighted by atomic mass is 16.5. The summed E-state index contributed by atoms with van der Waals surface area (Å²) >= 11 is 0. The zero-order valence-electron chi connectivity index (χ0n) is 18.7. The quantitative estimate of drug-likeness (QED) is 0.444. The maximum Gasteiger partial charge on any atom is 0.320 e. The molecule has 0 radical (unpaired) electrons. The summed E-state index contributed by atoms with van der Waals surface area (Å²) in [6, 6.07) is 18.8. The van der Waals surface area contributed by atoms with Crippen molar-refractivity contribution in [3.05, 3.63) is 66.2 Å². The standard InChI is InChI=1S/C24H28N6O3/c1-16-14-22(31)28-23(26-16)30-21(15-20(29-30)18-6-4-3-5-7-18)27-24(32)25-13-12-17-8-10-19(33-2)11-9-17/h3-11,15-16,23,26H,12-14H2,1-2H3,(H,28,31)(H2,25,27,32). The molecule has 1 aliphatic heterocycles. The van der Waals surface area contributed by atoms with Gasteiger partial charge in [-0.2, -0.15) is 5.10 Å². The van der Waals surface area contributed by atoms with Gasteiger partial charge in [-0.15, -0.1) is 0 Å². The van der Waals surface area contributed by atoms with Gasteiger partial charge in [0.25, 0.3) is 0 Å². The van der Waals surface area contributed by atoms with Crippen LogP contribution in [0.1, 0.15) is 25.2 Å². The van der Waals surface area contributed by atoms with Crippen LogP contribution in [-0.4, -0.2) is 41.4 Å². The summed E-state index contributed by atoms with van der Waals surface area (Å²) in [5, 5.41) is 16.6. The van der Waals surface area contributed by atoms with E-state index in [2.05, 4.69) is 26.4 Å². The Bertz CT molecular complexity index is 1100. The monoisotopic (exact) mass is 448 g/mol. The van der Waals surface area contributed by atoms with Crippen molar-refractivity contribution in [2.75, 3.05) is 19.0 Å². The van der Waals surface area contributed by atoms with Crippen molar-refractivity contribution in [3.63, 3.8) is 0 Å². The smallest absolute Gasteiger partial charge is 0.320 e. The van der Waals surface area contributed by atoms with Crippen molar-refractivity contribution in [2.24, 2.45) is 0 Å². The number of benzene rings is 2. The molecule has 4 N–H and O–H groups in total. The van der Waals surface area contributed by atoms with E-state index in [9.17, 15) is 9.59 Å². The Hall–Kier alpha value is -3.85. The fourth-order valence-electron chi connectivity index (χ4n) is 3.70. The van der Waals surface area contributed by atoms with Gasteiger partial charge in [-0.1, -0.05) is 42.5 Å². The van der Waals surface area contributed by atoms with Crippen molar-refractivity contribution >= 4 is 17.8 Å². The van der Waals surface area contributed by atoms with Gasteiger partial charge in [0.15, 0.2) is 6.29 Å². The number of amides is 3. The molecule has 1 aromatic heterocycles. The van der Waals surface area contributed by atoms with E-state index in [1.54, 1.807) is 17.9 Å². The topological polar surface area (TPSA) is 109 Å². The Morgan fingerprint density at radius 3 is 2.64 bits per heavy atom. The maximum absolute atomic E-state index is 12.6. The number of methoxy groups -OCH3 is 1. The first-order valence-corrected chi connectivity index (χ1v) is 10.9. The second kappa shape index (κ2) is 10.2. The molecule has 1 fully saturated rings. The third-order valence-corrected chi connectivity index (χ3v) is 5.38. The van der Waals surface area contributed by atoms with E-state index in [1.165, 1.54) is 0 Å². The molecule has 3 aromatic rings. The Morgan fingerprint density at radius 2 is 1.94 bits per heavy atom. The van der Waals surface area contributed by atoms with E-state index in [-0.39, 0.29) is 18.0 Å². The van der Waals surface area contributed by atoms with Gasteiger partial charge in [0.05, 0.1) is 12.8 Å². The van der Waals surface area contributed by atoms with Crippen LogP contribution in [0.5, 0.6) is 5.75 Å². The van der Waals surface area contributed by atoms with E-state index >= 15 is 0 Å². The van der Waals surface area contributed by atoms with Gasteiger partial charge in [0.2, 0.25) is 5.91 Å². The lowest BCUT2D eigenvalue weighted by molar-refractivity contribution is -0.125. The van der Waals surface area contributed by atoms with Crippen LogP contribution in [-0.2, 0) is 11.2 Å². The second-order valence-corrected chi connectivity index (χ2v) is 7.95. The minimum Gasteiger partial charge on any atom is -0.497 e. The molecule has 2 unspecified atom stereocenters. The lowest BCUT2D eigenvalue weighted by atomic mass is 10.1. The fraction of sp³-hybridized carbons (Fsp3) is 0.292. The zero-order valence-corrected chi connectivity index (χ0v) is 18.7. The number of hydrogen-bond donors (Lipinski definition) is 4. The van der Waals surface area contributed by atoms with Gasteiger partial charge >= 0.3 is 6.03 Å². The van der Waals surface area contributed by atoms with Gasteiger partial charge in [-0.25, -0.2) is 9.48 Å². The number of nitrogens with zero attached hydrogens (tertiary/aromatic N) is 2. The Balaban J connectivity index is 1.46. The normalized spacial score (nSPS) is 17.8. The molecule has 2 heterocycles. The minimum atomic E-state index is -0.562. The first kappa shape index (κ1) is 22.3. The molecule has 2 aromatic carbocycles. The van der Waals surface area contributed by atoms with Crippen molar-refractivity contribution in [1.29, 1.82) is 0 Å². The number of urea groups is 1. The van der Waals surface area contributed by atoms with Gasteiger partial charge in [-0.3, -0.25) is 15.4 Å². The highest BCUT2D eigenvalue weighted by Gasteiger charge is 2.27. The molecule has 3 amide bonds. The molecular weight excluding hydrogens is 420 g/mol. The summed E-state index contributed by atoms with van der Waals surface area (Å²) in [5.41, 5.74) is 2.70. The molecule has 4 rings (SSSR count). The molecule has 1 saturated heterocycles. The van der Waals surface area contributed by atoms with Crippen LogP contribution in [0.25, 0.3) is 11.3 Å². The lowest BCUT2D eigenvalue weighted by Crippen LogP contribution is -2.52. The summed E-state index contributed by atoms with van der Waals surface area (Å²) in [4.78, 5) is 24.7. The summed E-state index contributed by atoms with van der Waals surface area (Å²) in [5.74, 6) is 1.20. The third-order valence-electron chi connectivity index (χ3n) is 5.38. The molecule has 33 heavy (non-hydrogen) atoms. The molecule has 172 valence electrons. The van der Waals surface area contributed by atoms with Crippen molar-refractivity contribution in [3.8, 4) is 17.0 Å². The maximum atomic E-state index is 12.6. The average Bonchev–Trinajstić information content (AvgIpc) is 3.23. The highest BCUT2D eigenvalue weighted by molar-refractivity contribution is 5.89. The van der Waals surface area contributed by atoms with E-state index in [4.69, 9.17) is 4.74 Å². The van der Waals surface area contributed by atoms with Gasteiger partial charge in [0, 0.05) is 30.6 Å². The molecule has 0 bridgehead atoms. The number of carbonyl (C=O) groups is 2. The first-order valence-electron chi connectivity index (χ1n) is 10.9. The zero-order chi connectivity index (χ0) is 23.2. The van der Waals surface area contributed by atoms with Gasteiger partial charge in [0.1, 0.15) is 11.6 Å². The predicted octanol–water partition coefficient (Wildman–Crippen LogP) is 2.88. The van der Waals surface area contributed by atoms with Crippen LogP contribution in [0.2, 0.25) is 0 Å². The average molecular weight is 449 g/mol. The molecule has 1 aliphatic rings. The van der Waals surface area contributed by atoms with Gasteiger partial charge in [-0.05, 0) is 31.0 Å². The number of carbonyl (C=O) groups excluding carboxylic acids is 2. The number of aromatic nitrogens is 2. The highest BCUT2D eigenvalue weighted by Crippen LogP contribution is 2.24. The second-order valence-electron chi connectivity index (χ2n) is 7.95. The van der Waals surface area contributed by atoms with Crippen LogP contribution in [0.3, 0.4) is 0 Å². The third kappa shape index (κ3) is 5.69. The molecule has 9 heteroatoms. The van der Waals surface area contributed by atoms with Crippen molar-refractivity contribution in [2.45, 2.75) is 32.1 Å². The SMILES string of the molecule is COc1ccc(CCNC(=O)Nc2cc(-c3ccccc3)nn2C2NC(=O)CC(C)N2)cc1. The van der Waals surface area contributed by atoms with E-state index in [0.717, 1.165) is 16.9 Å². The Labute approximate surface area is 192 Å². The summed E-state index contributed by atoms with van der Waals surface area (Å²) in [6.45, 7) is 2.40. The molecule has 9 nitrogen and oxygen atoms in total. The van der Waals surface area contributed by atoms with Crippen molar-refractivity contribution in [1.82, 2.24) is 25.7 Å². The number of nitrogens with one attached hydrogen (secondary N) is 4. The molecule has 0 aliphatic carbocycles. The van der Waals surface area contributed by atoms with E-state index in [1.807, 2.05) is 61.5 Å². The van der Waals surface area contributed by atoms with E-state index < -0.39 is 6.29 Å². The predicted molar refractivity (Wildman–Crippen MR) is 126 cm³/mol. The van der Waals surface area contributed by atoms with Gasteiger partial charge < -0.3 is 15.4 Å². The van der Waals surface area contributed by atoms with Crippen LogP contribution >= 0.6 is 0 Å². The Morgan fingerprint density at radius 1 is 1.18 bits per heavy atom. The number of ether oxygens (including phenoxy) is 1. The number of rotatable bonds is 7. The molecule has 2 atom stereocenters.